The standard InChI is InChI=1S/C14H11ClFNO2/c1-19-13-8-11(16)6-7-12(13)17-14(18)9-2-4-10(15)5-3-9/h2-8H,1H3,(H,17,18). The minimum absolute atomic E-state index is 0.266. The van der Waals surface area contributed by atoms with Gasteiger partial charge in [0.25, 0.3) is 5.91 Å². The van der Waals surface area contributed by atoms with Crippen molar-refractivity contribution in [3.63, 3.8) is 0 Å². The van der Waals surface area contributed by atoms with Crippen LogP contribution < -0.4 is 10.1 Å². The van der Waals surface area contributed by atoms with Crippen molar-refractivity contribution < 1.29 is 13.9 Å². The van der Waals surface area contributed by atoms with Crippen molar-refractivity contribution in [1.82, 2.24) is 0 Å². The molecule has 19 heavy (non-hydrogen) atoms. The summed E-state index contributed by atoms with van der Waals surface area (Å²) in [6, 6.07) is 10.4. The predicted octanol–water partition coefficient (Wildman–Crippen LogP) is 3.74. The van der Waals surface area contributed by atoms with Gasteiger partial charge >= 0.3 is 0 Å². The van der Waals surface area contributed by atoms with Crippen LogP contribution in [0.3, 0.4) is 0 Å². The molecule has 98 valence electrons. The first-order valence-electron chi connectivity index (χ1n) is 5.50. The molecule has 1 N–H and O–H groups in total. The van der Waals surface area contributed by atoms with E-state index in [2.05, 4.69) is 5.32 Å². The van der Waals surface area contributed by atoms with E-state index in [4.69, 9.17) is 16.3 Å². The van der Waals surface area contributed by atoms with Crippen molar-refractivity contribution in [2.45, 2.75) is 0 Å². The molecule has 0 fully saturated rings. The lowest BCUT2D eigenvalue weighted by molar-refractivity contribution is 0.102. The Morgan fingerprint density at radius 2 is 1.89 bits per heavy atom. The zero-order chi connectivity index (χ0) is 13.8. The van der Waals surface area contributed by atoms with Crippen LogP contribution in [0.1, 0.15) is 10.4 Å². The first kappa shape index (κ1) is 13.4. The molecule has 0 saturated carbocycles. The van der Waals surface area contributed by atoms with Gasteiger partial charge in [-0.15, -0.1) is 0 Å². The van der Waals surface area contributed by atoms with E-state index >= 15 is 0 Å². The molecule has 0 saturated heterocycles. The van der Waals surface area contributed by atoms with Gasteiger partial charge in [-0.1, -0.05) is 11.6 Å². The largest absolute Gasteiger partial charge is 0.494 e. The fourth-order valence-electron chi connectivity index (χ4n) is 1.56. The minimum atomic E-state index is -0.429. The molecule has 2 rings (SSSR count). The van der Waals surface area contributed by atoms with Gasteiger partial charge in [0, 0.05) is 16.7 Å². The summed E-state index contributed by atoms with van der Waals surface area (Å²) in [6.07, 6.45) is 0. The van der Waals surface area contributed by atoms with Crippen LogP contribution >= 0.6 is 11.6 Å². The maximum absolute atomic E-state index is 13.0. The van der Waals surface area contributed by atoms with E-state index in [1.807, 2.05) is 0 Å². The Labute approximate surface area is 115 Å². The highest BCUT2D eigenvalue weighted by molar-refractivity contribution is 6.30. The maximum atomic E-state index is 13.0. The Morgan fingerprint density at radius 1 is 1.21 bits per heavy atom. The Balaban J connectivity index is 2.21. The second-order valence-corrected chi connectivity index (χ2v) is 4.24. The number of rotatable bonds is 3. The van der Waals surface area contributed by atoms with E-state index in [-0.39, 0.29) is 11.7 Å². The SMILES string of the molecule is COc1cc(F)ccc1NC(=O)c1ccc(Cl)cc1. The number of methoxy groups -OCH3 is 1. The van der Waals surface area contributed by atoms with Gasteiger partial charge in [0.2, 0.25) is 0 Å². The molecule has 0 aliphatic heterocycles. The van der Waals surface area contributed by atoms with E-state index in [0.717, 1.165) is 0 Å². The normalized spacial score (nSPS) is 10.1. The second kappa shape index (κ2) is 5.71. The van der Waals surface area contributed by atoms with Gasteiger partial charge in [0.1, 0.15) is 11.6 Å². The Kier molecular flexibility index (Phi) is 4.02. The molecule has 0 atom stereocenters. The molecule has 2 aromatic rings. The van der Waals surface area contributed by atoms with Crippen LogP contribution in [0.25, 0.3) is 0 Å². The minimum Gasteiger partial charge on any atom is -0.494 e. The molecule has 0 aromatic heterocycles. The van der Waals surface area contributed by atoms with E-state index < -0.39 is 5.82 Å². The fourth-order valence-corrected chi connectivity index (χ4v) is 1.69. The Morgan fingerprint density at radius 3 is 2.53 bits per heavy atom. The molecule has 3 nitrogen and oxygen atoms in total. The number of carbonyl (C=O) groups excluding carboxylic acids is 1. The average Bonchev–Trinajstić information content (AvgIpc) is 2.41. The highest BCUT2D eigenvalue weighted by Gasteiger charge is 2.10. The summed E-state index contributed by atoms with van der Waals surface area (Å²) in [5.41, 5.74) is 0.861. The summed E-state index contributed by atoms with van der Waals surface area (Å²) in [5, 5.41) is 3.20. The summed E-state index contributed by atoms with van der Waals surface area (Å²) in [7, 11) is 1.41. The van der Waals surface area contributed by atoms with Gasteiger partial charge in [-0.05, 0) is 36.4 Å². The third kappa shape index (κ3) is 3.23. The van der Waals surface area contributed by atoms with Gasteiger partial charge in [-0.2, -0.15) is 0 Å². The number of carbonyl (C=O) groups is 1. The highest BCUT2D eigenvalue weighted by atomic mass is 35.5. The monoisotopic (exact) mass is 279 g/mol. The number of halogens is 2. The number of amides is 1. The predicted molar refractivity (Wildman–Crippen MR) is 72.4 cm³/mol. The van der Waals surface area contributed by atoms with Crippen LogP contribution in [0.4, 0.5) is 10.1 Å². The van der Waals surface area contributed by atoms with E-state index in [1.165, 1.54) is 25.3 Å². The third-order valence-electron chi connectivity index (χ3n) is 2.52. The molecule has 1 amide bonds. The first-order chi connectivity index (χ1) is 9.10. The molecule has 0 bridgehead atoms. The van der Waals surface area contributed by atoms with E-state index in [9.17, 15) is 9.18 Å². The lowest BCUT2D eigenvalue weighted by Gasteiger charge is -2.10. The molecule has 0 radical (unpaired) electrons. The number of anilines is 1. The van der Waals surface area contributed by atoms with Crippen LogP contribution in [0.2, 0.25) is 5.02 Å². The van der Waals surface area contributed by atoms with E-state index in [1.54, 1.807) is 24.3 Å². The summed E-state index contributed by atoms with van der Waals surface area (Å²) < 4.78 is 18.0. The smallest absolute Gasteiger partial charge is 0.255 e. The second-order valence-electron chi connectivity index (χ2n) is 3.81. The van der Waals surface area contributed by atoms with Gasteiger partial charge in [-0.25, -0.2) is 4.39 Å². The zero-order valence-electron chi connectivity index (χ0n) is 10.1. The van der Waals surface area contributed by atoms with Crippen molar-refractivity contribution >= 4 is 23.2 Å². The Bertz CT molecular complexity index is 599. The first-order valence-corrected chi connectivity index (χ1v) is 5.88. The van der Waals surface area contributed by atoms with Crippen molar-refractivity contribution in [2.75, 3.05) is 12.4 Å². The zero-order valence-corrected chi connectivity index (χ0v) is 10.9. The van der Waals surface area contributed by atoms with Crippen LogP contribution in [-0.4, -0.2) is 13.0 Å². The van der Waals surface area contributed by atoms with Crippen LogP contribution in [0.15, 0.2) is 42.5 Å². The van der Waals surface area contributed by atoms with Gasteiger partial charge in [0.15, 0.2) is 0 Å². The average molecular weight is 280 g/mol. The summed E-state index contributed by atoms with van der Waals surface area (Å²) in [6.45, 7) is 0. The lowest BCUT2D eigenvalue weighted by Crippen LogP contribution is -2.12. The Hall–Kier alpha value is -2.07. The quantitative estimate of drug-likeness (QED) is 0.929. The molecule has 2 aromatic carbocycles. The lowest BCUT2D eigenvalue weighted by atomic mass is 10.2. The van der Waals surface area contributed by atoms with Crippen molar-refractivity contribution in [2.24, 2.45) is 0 Å². The number of ether oxygens (including phenoxy) is 1. The third-order valence-corrected chi connectivity index (χ3v) is 2.77. The van der Waals surface area contributed by atoms with Gasteiger partial charge in [0.05, 0.1) is 12.8 Å². The number of hydrogen-bond acceptors (Lipinski definition) is 2. The number of benzene rings is 2. The summed E-state index contributed by atoms with van der Waals surface area (Å²) in [4.78, 5) is 12.0. The fraction of sp³-hybridized carbons (Fsp3) is 0.0714. The molecular weight excluding hydrogens is 269 g/mol. The molecule has 5 heteroatoms. The highest BCUT2D eigenvalue weighted by Crippen LogP contribution is 2.25. The number of nitrogens with one attached hydrogen (secondary N) is 1. The summed E-state index contributed by atoms with van der Waals surface area (Å²) in [5.74, 6) is -0.481. The molecule has 0 aliphatic rings. The van der Waals surface area contributed by atoms with Crippen LogP contribution in [0.5, 0.6) is 5.75 Å². The van der Waals surface area contributed by atoms with Crippen molar-refractivity contribution in [1.29, 1.82) is 0 Å². The van der Waals surface area contributed by atoms with E-state index in [0.29, 0.717) is 16.3 Å². The topological polar surface area (TPSA) is 38.3 Å². The molecular formula is C14H11ClFNO2. The van der Waals surface area contributed by atoms with Gasteiger partial charge < -0.3 is 10.1 Å². The molecule has 0 aliphatic carbocycles. The summed E-state index contributed by atoms with van der Waals surface area (Å²) >= 11 is 5.75. The number of hydrogen-bond donors (Lipinski definition) is 1. The van der Waals surface area contributed by atoms with Gasteiger partial charge in [-0.3, -0.25) is 4.79 Å². The van der Waals surface area contributed by atoms with Crippen molar-refractivity contribution in [3.8, 4) is 5.75 Å². The van der Waals surface area contributed by atoms with Crippen molar-refractivity contribution in [3.05, 3.63) is 58.9 Å². The van der Waals surface area contributed by atoms with Crippen LogP contribution in [-0.2, 0) is 0 Å². The van der Waals surface area contributed by atoms with Crippen LogP contribution in [0, 0.1) is 5.82 Å². The molecule has 0 unspecified atom stereocenters. The molecule has 0 heterocycles. The maximum Gasteiger partial charge on any atom is 0.255 e. The molecule has 0 spiro atoms.